The van der Waals surface area contributed by atoms with Crippen LogP contribution < -0.4 is 5.32 Å². The smallest absolute Gasteiger partial charge is 0.0406 e. The lowest BCUT2D eigenvalue weighted by atomic mass is 9.78. The van der Waals surface area contributed by atoms with Crippen molar-refractivity contribution in [2.75, 3.05) is 6.54 Å². The molecule has 3 rings (SSSR count). The van der Waals surface area contributed by atoms with Crippen LogP contribution in [0.1, 0.15) is 31.2 Å². The van der Waals surface area contributed by atoms with Gasteiger partial charge in [0.15, 0.2) is 0 Å². The summed E-state index contributed by atoms with van der Waals surface area (Å²) in [6.07, 6.45) is 9.61. The number of halogens is 1. The van der Waals surface area contributed by atoms with Crippen LogP contribution in [-0.4, -0.2) is 12.6 Å². The lowest BCUT2D eigenvalue weighted by Crippen LogP contribution is -2.37. The second-order valence-electron chi connectivity index (χ2n) is 5.32. The van der Waals surface area contributed by atoms with E-state index in [1.165, 1.54) is 18.4 Å². The highest BCUT2D eigenvalue weighted by Crippen LogP contribution is 2.37. The first-order valence-corrected chi connectivity index (χ1v) is 6.81. The Hall–Kier alpha value is -0.790. The molecule has 17 heavy (non-hydrogen) atoms. The molecule has 1 aromatic carbocycles. The minimum Gasteiger partial charge on any atom is -0.313 e. The lowest BCUT2D eigenvalue weighted by Gasteiger charge is -2.30. The van der Waals surface area contributed by atoms with E-state index in [1.807, 2.05) is 12.1 Å². The molecule has 2 aliphatic carbocycles. The van der Waals surface area contributed by atoms with Crippen LogP contribution >= 0.6 is 11.6 Å². The molecule has 0 radical (unpaired) electrons. The first-order valence-electron chi connectivity index (χ1n) is 6.43. The first-order chi connectivity index (χ1) is 8.28. The Balaban J connectivity index is 1.79. The highest BCUT2D eigenvalue weighted by atomic mass is 35.5. The van der Waals surface area contributed by atoms with E-state index >= 15 is 0 Å². The van der Waals surface area contributed by atoms with Crippen molar-refractivity contribution in [3.8, 4) is 0 Å². The maximum atomic E-state index is 5.97. The fourth-order valence-electron chi connectivity index (χ4n) is 2.61. The van der Waals surface area contributed by atoms with E-state index in [2.05, 4.69) is 29.6 Å². The summed E-state index contributed by atoms with van der Waals surface area (Å²) in [6, 6.07) is 9.16. The lowest BCUT2D eigenvalue weighted by molar-refractivity contribution is 0.417. The second-order valence-corrected chi connectivity index (χ2v) is 5.76. The van der Waals surface area contributed by atoms with Crippen LogP contribution in [0, 0.1) is 0 Å². The average molecular weight is 248 g/mol. The predicted molar refractivity (Wildman–Crippen MR) is 72.5 cm³/mol. The van der Waals surface area contributed by atoms with Crippen LogP contribution in [0.25, 0.3) is 0 Å². The van der Waals surface area contributed by atoms with Gasteiger partial charge in [-0.15, -0.1) is 0 Å². The Morgan fingerprint density at radius 2 is 1.76 bits per heavy atom. The first kappa shape index (κ1) is 11.3. The van der Waals surface area contributed by atoms with Crippen molar-refractivity contribution in [3.63, 3.8) is 0 Å². The predicted octanol–water partition coefficient (Wildman–Crippen LogP) is 3.68. The third kappa shape index (κ3) is 2.41. The summed E-state index contributed by atoms with van der Waals surface area (Å²) in [5.41, 5.74) is 1.69. The monoisotopic (exact) mass is 247 g/mol. The van der Waals surface area contributed by atoms with Crippen LogP contribution in [0.4, 0.5) is 0 Å². The minimum absolute atomic E-state index is 0.271. The molecule has 0 unspecified atom stereocenters. The van der Waals surface area contributed by atoms with Gasteiger partial charge < -0.3 is 5.32 Å². The molecular formula is C15H18ClN. The van der Waals surface area contributed by atoms with E-state index in [0.717, 1.165) is 30.5 Å². The molecule has 0 amide bonds. The molecule has 90 valence electrons. The summed E-state index contributed by atoms with van der Waals surface area (Å²) in [6.45, 7) is 1.09. The molecule has 0 aliphatic heterocycles. The van der Waals surface area contributed by atoms with Crippen molar-refractivity contribution in [2.24, 2.45) is 0 Å². The zero-order chi connectivity index (χ0) is 11.7. The molecule has 1 fully saturated rings. The Morgan fingerprint density at radius 1 is 1.12 bits per heavy atom. The van der Waals surface area contributed by atoms with Gasteiger partial charge in [0.2, 0.25) is 0 Å². The standard InChI is InChI=1S/C15H18ClN/c16-13-5-3-12(4-6-13)15(9-1-2-10-15)11-17-14-7-8-14/h1-6,14,17H,7-11H2. The van der Waals surface area contributed by atoms with Gasteiger partial charge in [-0.3, -0.25) is 0 Å². The molecule has 1 aromatic rings. The van der Waals surface area contributed by atoms with Gasteiger partial charge in [0, 0.05) is 23.0 Å². The van der Waals surface area contributed by atoms with Gasteiger partial charge in [-0.2, -0.15) is 0 Å². The average Bonchev–Trinajstić information content (AvgIpc) is 3.06. The van der Waals surface area contributed by atoms with E-state index in [9.17, 15) is 0 Å². The maximum Gasteiger partial charge on any atom is 0.0406 e. The number of hydrogen-bond donors (Lipinski definition) is 1. The van der Waals surface area contributed by atoms with E-state index in [-0.39, 0.29) is 5.41 Å². The highest BCUT2D eigenvalue weighted by Gasteiger charge is 2.34. The fourth-order valence-corrected chi connectivity index (χ4v) is 2.74. The quantitative estimate of drug-likeness (QED) is 0.801. The number of nitrogens with one attached hydrogen (secondary N) is 1. The van der Waals surface area contributed by atoms with Gasteiger partial charge in [-0.05, 0) is 43.4 Å². The summed E-state index contributed by atoms with van der Waals surface area (Å²) >= 11 is 5.97. The summed E-state index contributed by atoms with van der Waals surface area (Å²) < 4.78 is 0. The van der Waals surface area contributed by atoms with Crippen molar-refractivity contribution in [1.82, 2.24) is 5.32 Å². The van der Waals surface area contributed by atoms with E-state index in [1.54, 1.807) is 0 Å². The second kappa shape index (κ2) is 4.47. The SMILES string of the molecule is Clc1ccc(C2(CNC3CC3)CC=CC2)cc1. The molecule has 0 spiro atoms. The topological polar surface area (TPSA) is 12.0 Å². The van der Waals surface area contributed by atoms with Crippen molar-refractivity contribution < 1.29 is 0 Å². The Kier molecular flexibility index (Phi) is 2.97. The van der Waals surface area contributed by atoms with E-state index < -0.39 is 0 Å². The van der Waals surface area contributed by atoms with Crippen LogP contribution in [0.5, 0.6) is 0 Å². The zero-order valence-electron chi connectivity index (χ0n) is 9.95. The molecule has 1 saturated carbocycles. The van der Waals surface area contributed by atoms with Gasteiger partial charge in [0.25, 0.3) is 0 Å². The van der Waals surface area contributed by atoms with Gasteiger partial charge in [0.1, 0.15) is 0 Å². The highest BCUT2D eigenvalue weighted by molar-refractivity contribution is 6.30. The van der Waals surface area contributed by atoms with Crippen LogP contribution in [0.3, 0.4) is 0 Å². The zero-order valence-corrected chi connectivity index (χ0v) is 10.7. The van der Waals surface area contributed by atoms with Crippen LogP contribution in [0.15, 0.2) is 36.4 Å². The Morgan fingerprint density at radius 3 is 2.35 bits per heavy atom. The normalized spacial score (nSPS) is 21.9. The van der Waals surface area contributed by atoms with Crippen molar-refractivity contribution >= 4 is 11.6 Å². The molecule has 1 N–H and O–H groups in total. The van der Waals surface area contributed by atoms with Crippen molar-refractivity contribution in [1.29, 1.82) is 0 Å². The Labute approximate surface area is 108 Å². The third-order valence-corrected chi connectivity index (χ3v) is 4.20. The largest absolute Gasteiger partial charge is 0.313 e. The summed E-state index contributed by atoms with van der Waals surface area (Å²) in [5.74, 6) is 0. The fraction of sp³-hybridized carbons (Fsp3) is 0.467. The minimum atomic E-state index is 0.271. The molecule has 2 heteroatoms. The number of allylic oxidation sites excluding steroid dienone is 2. The molecule has 2 aliphatic rings. The van der Waals surface area contributed by atoms with Crippen molar-refractivity contribution in [2.45, 2.75) is 37.1 Å². The van der Waals surface area contributed by atoms with Gasteiger partial charge >= 0.3 is 0 Å². The van der Waals surface area contributed by atoms with Gasteiger partial charge in [0.05, 0.1) is 0 Å². The van der Waals surface area contributed by atoms with E-state index in [0.29, 0.717) is 0 Å². The summed E-state index contributed by atoms with van der Waals surface area (Å²) in [4.78, 5) is 0. The molecule has 0 saturated heterocycles. The molecule has 0 atom stereocenters. The number of hydrogen-bond acceptors (Lipinski definition) is 1. The Bertz CT molecular complexity index is 409. The number of benzene rings is 1. The van der Waals surface area contributed by atoms with Crippen LogP contribution in [0.2, 0.25) is 5.02 Å². The van der Waals surface area contributed by atoms with E-state index in [4.69, 9.17) is 11.6 Å². The van der Waals surface area contributed by atoms with Crippen molar-refractivity contribution in [3.05, 3.63) is 47.0 Å². The van der Waals surface area contributed by atoms with Gasteiger partial charge in [-0.25, -0.2) is 0 Å². The molecule has 0 aromatic heterocycles. The summed E-state index contributed by atoms with van der Waals surface area (Å²) in [7, 11) is 0. The van der Waals surface area contributed by atoms with Gasteiger partial charge in [-0.1, -0.05) is 35.9 Å². The molecule has 1 nitrogen and oxygen atoms in total. The molecule has 0 bridgehead atoms. The van der Waals surface area contributed by atoms with Crippen LogP contribution in [-0.2, 0) is 5.41 Å². The molecular weight excluding hydrogens is 230 g/mol. The molecule has 0 heterocycles. The third-order valence-electron chi connectivity index (χ3n) is 3.95. The number of rotatable bonds is 4. The summed E-state index contributed by atoms with van der Waals surface area (Å²) in [5, 5.41) is 4.50. The maximum absolute atomic E-state index is 5.97.